The number of anilines is 1. The number of nitrogens with zero attached hydrogens (tertiary/aromatic N) is 1. The summed E-state index contributed by atoms with van der Waals surface area (Å²) in [5.41, 5.74) is 3.67. The van der Waals surface area contributed by atoms with Gasteiger partial charge in [0.2, 0.25) is 6.79 Å². The second-order valence-corrected chi connectivity index (χ2v) is 10.9. The quantitative estimate of drug-likeness (QED) is 0.233. The van der Waals surface area contributed by atoms with Crippen LogP contribution in [0, 0.1) is 6.92 Å². The number of amides is 1. The fourth-order valence-electron chi connectivity index (χ4n) is 4.56. The topological polar surface area (TPSA) is 76.1 Å². The molecular weight excluding hydrogens is 522 g/mol. The summed E-state index contributed by atoms with van der Waals surface area (Å²) in [6.45, 7) is 8.36. The van der Waals surface area contributed by atoms with Crippen molar-refractivity contribution in [2.75, 3.05) is 11.7 Å². The molecule has 7 heteroatoms. The number of aliphatic hydroxyl groups is 1. The van der Waals surface area contributed by atoms with Gasteiger partial charge < -0.3 is 14.6 Å². The molecule has 1 atom stereocenters. The summed E-state index contributed by atoms with van der Waals surface area (Å²) in [6.07, 6.45) is 0. The molecule has 36 heavy (non-hydrogen) atoms. The molecule has 2 aliphatic rings. The van der Waals surface area contributed by atoms with E-state index in [1.807, 2.05) is 37.3 Å². The Labute approximate surface area is 218 Å². The van der Waals surface area contributed by atoms with E-state index in [4.69, 9.17) is 9.47 Å². The van der Waals surface area contributed by atoms with Gasteiger partial charge in [-0.15, -0.1) is 0 Å². The maximum absolute atomic E-state index is 13.4. The number of benzene rings is 3. The summed E-state index contributed by atoms with van der Waals surface area (Å²) in [4.78, 5) is 28.3. The van der Waals surface area contributed by atoms with Crippen molar-refractivity contribution in [3.63, 3.8) is 0 Å². The summed E-state index contributed by atoms with van der Waals surface area (Å²) in [5.74, 6) is -0.589. The lowest BCUT2D eigenvalue weighted by molar-refractivity contribution is -0.132. The zero-order valence-corrected chi connectivity index (χ0v) is 22.0. The predicted molar refractivity (Wildman–Crippen MR) is 141 cm³/mol. The van der Waals surface area contributed by atoms with Crippen LogP contribution in [0.3, 0.4) is 0 Å². The highest BCUT2D eigenvalue weighted by Crippen LogP contribution is 2.45. The van der Waals surface area contributed by atoms with E-state index in [1.54, 1.807) is 30.3 Å². The molecule has 6 nitrogen and oxygen atoms in total. The Bertz CT molecular complexity index is 1420. The molecule has 3 aromatic rings. The van der Waals surface area contributed by atoms with Gasteiger partial charge in [0, 0.05) is 21.8 Å². The SMILES string of the molecule is Cc1cc(/C(O)=C2\C(=O)C(=O)N(c3ccc4c(c3)OCO4)C2c2ccc(C(C)(C)C)cc2)ccc1Br. The van der Waals surface area contributed by atoms with Crippen LogP contribution in [0.25, 0.3) is 5.76 Å². The highest BCUT2D eigenvalue weighted by molar-refractivity contribution is 9.10. The van der Waals surface area contributed by atoms with Crippen LogP contribution in [-0.4, -0.2) is 23.6 Å². The molecule has 1 N–H and O–H groups in total. The van der Waals surface area contributed by atoms with E-state index >= 15 is 0 Å². The van der Waals surface area contributed by atoms with Crippen molar-refractivity contribution >= 4 is 39.1 Å². The molecular formula is C29H26BrNO5. The molecule has 1 unspecified atom stereocenters. The van der Waals surface area contributed by atoms with Gasteiger partial charge in [-0.25, -0.2) is 0 Å². The lowest BCUT2D eigenvalue weighted by Crippen LogP contribution is -2.29. The van der Waals surface area contributed by atoms with E-state index in [-0.39, 0.29) is 23.5 Å². The van der Waals surface area contributed by atoms with Gasteiger partial charge in [-0.1, -0.05) is 67.0 Å². The van der Waals surface area contributed by atoms with Crippen molar-refractivity contribution in [2.24, 2.45) is 0 Å². The number of ether oxygens (including phenoxy) is 2. The molecule has 0 saturated carbocycles. The third kappa shape index (κ3) is 4.07. The van der Waals surface area contributed by atoms with E-state index in [9.17, 15) is 14.7 Å². The van der Waals surface area contributed by atoms with Gasteiger partial charge in [-0.05, 0) is 53.3 Å². The van der Waals surface area contributed by atoms with Gasteiger partial charge in [0.25, 0.3) is 11.7 Å². The normalized spacial score (nSPS) is 18.7. The fraction of sp³-hybridized carbons (Fsp3) is 0.241. The Balaban J connectivity index is 1.70. The summed E-state index contributed by atoms with van der Waals surface area (Å²) >= 11 is 3.47. The highest BCUT2D eigenvalue weighted by atomic mass is 79.9. The first-order valence-corrected chi connectivity index (χ1v) is 12.4. The van der Waals surface area contributed by atoms with Gasteiger partial charge in [-0.3, -0.25) is 14.5 Å². The molecule has 0 spiro atoms. The molecule has 5 rings (SSSR count). The maximum Gasteiger partial charge on any atom is 0.300 e. The summed E-state index contributed by atoms with van der Waals surface area (Å²) < 4.78 is 11.8. The van der Waals surface area contributed by atoms with Crippen molar-refractivity contribution < 1.29 is 24.2 Å². The number of rotatable bonds is 3. The Morgan fingerprint density at radius 3 is 2.33 bits per heavy atom. The van der Waals surface area contributed by atoms with Crippen LogP contribution in [0.2, 0.25) is 0 Å². The minimum Gasteiger partial charge on any atom is -0.507 e. The predicted octanol–water partition coefficient (Wildman–Crippen LogP) is 6.41. The van der Waals surface area contributed by atoms with E-state index in [0.29, 0.717) is 22.7 Å². The highest BCUT2D eigenvalue weighted by Gasteiger charge is 2.47. The molecule has 0 aromatic heterocycles. The van der Waals surface area contributed by atoms with Crippen molar-refractivity contribution in [1.82, 2.24) is 0 Å². The van der Waals surface area contributed by atoms with Crippen molar-refractivity contribution in [3.8, 4) is 11.5 Å². The number of carbonyl (C=O) groups excluding carboxylic acids is 2. The van der Waals surface area contributed by atoms with Gasteiger partial charge in [-0.2, -0.15) is 0 Å². The smallest absolute Gasteiger partial charge is 0.300 e. The van der Waals surface area contributed by atoms with Crippen LogP contribution in [0.4, 0.5) is 5.69 Å². The van der Waals surface area contributed by atoms with Crippen molar-refractivity contribution in [1.29, 1.82) is 0 Å². The molecule has 1 fully saturated rings. The zero-order valence-electron chi connectivity index (χ0n) is 20.5. The first kappa shape index (κ1) is 24.1. The Morgan fingerprint density at radius 1 is 0.972 bits per heavy atom. The number of hydrogen-bond donors (Lipinski definition) is 1. The second-order valence-electron chi connectivity index (χ2n) is 10.0. The number of aryl methyl sites for hydroxylation is 1. The maximum atomic E-state index is 13.4. The number of fused-ring (bicyclic) bond motifs is 1. The standard InChI is InChI=1S/C29H26BrNO5/c1-16-13-18(7-11-21(16)30)26(32)24-25(17-5-8-19(9-6-17)29(2,3)4)31(28(34)27(24)33)20-10-12-22-23(14-20)36-15-35-22/h5-14,25,32H,15H2,1-4H3/b26-24+. The molecule has 0 aliphatic carbocycles. The van der Waals surface area contributed by atoms with Gasteiger partial charge in [0.15, 0.2) is 11.5 Å². The third-order valence-electron chi connectivity index (χ3n) is 6.60. The lowest BCUT2D eigenvalue weighted by Gasteiger charge is -2.26. The summed E-state index contributed by atoms with van der Waals surface area (Å²) in [5, 5.41) is 11.4. The number of hydrogen-bond acceptors (Lipinski definition) is 5. The second kappa shape index (κ2) is 8.82. The van der Waals surface area contributed by atoms with Crippen LogP contribution < -0.4 is 14.4 Å². The van der Waals surface area contributed by atoms with Gasteiger partial charge in [0.1, 0.15) is 5.76 Å². The average molecular weight is 548 g/mol. The van der Waals surface area contributed by atoms with Gasteiger partial charge >= 0.3 is 0 Å². The van der Waals surface area contributed by atoms with E-state index in [1.165, 1.54) is 4.90 Å². The Hall–Kier alpha value is -3.58. The van der Waals surface area contributed by atoms with E-state index in [2.05, 4.69) is 36.7 Å². The van der Waals surface area contributed by atoms with Crippen LogP contribution >= 0.6 is 15.9 Å². The first-order chi connectivity index (χ1) is 17.1. The Kier molecular flexibility index (Phi) is 5.91. The summed E-state index contributed by atoms with van der Waals surface area (Å²) in [7, 11) is 0. The number of aliphatic hydroxyl groups excluding tert-OH is 1. The molecule has 2 aliphatic heterocycles. The first-order valence-electron chi connectivity index (χ1n) is 11.6. The van der Waals surface area contributed by atoms with Crippen LogP contribution in [0.1, 0.15) is 49.1 Å². The van der Waals surface area contributed by atoms with E-state index in [0.717, 1.165) is 21.2 Å². The number of carbonyl (C=O) groups is 2. The molecule has 1 saturated heterocycles. The number of halogens is 1. The molecule has 0 bridgehead atoms. The molecule has 0 radical (unpaired) electrons. The molecule has 1 amide bonds. The van der Waals surface area contributed by atoms with Crippen LogP contribution in [0.5, 0.6) is 11.5 Å². The number of ketones is 1. The number of Topliss-reactive ketones (excluding diaryl/α,β-unsaturated/α-hetero) is 1. The largest absolute Gasteiger partial charge is 0.507 e. The average Bonchev–Trinajstić information content (AvgIpc) is 3.42. The van der Waals surface area contributed by atoms with Gasteiger partial charge in [0.05, 0.1) is 11.6 Å². The molecule has 184 valence electrons. The van der Waals surface area contributed by atoms with E-state index < -0.39 is 17.7 Å². The third-order valence-corrected chi connectivity index (χ3v) is 7.49. The zero-order chi connectivity index (χ0) is 25.8. The van der Waals surface area contributed by atoms with Crippen molar-refractivity contribution in [3.05, 3.63) is 93.0 Å². The monoisotopic (exact) mass is 547 g/mol. The van der Waals surface area contributed by atoms with Crippen LogP contribution in [0.15, 0.2) is 70.7 Å². The Morgan fingerprint density at radius 2 is 1.67 bits per heavy atom. The molecule has 2 heterocycles. The summed E-state index contributed by atoms with van der Waals surface area (Å²) in [6, 6.07) is 17.5. The van der Waals surface area contributed by atoms with Crippen LogP contribution in [-0.2, 0) is 15.0 Å². The minimum atomic E-state index is -0.816. The van der Waals surface area contributed by atoms with Crippen molar-refractivity contribution in [2.45, 2.75) is 39.2 Å². The minimum absolute atomic E-state index is 0.0443. The lowest BCUT2D eigenvalue weighted by atomic mass is 9.85. The molecule has 3 aromatic carbocycles. The fourth-order valence-corrected chi connectivity index (χ4v) is 4.81.